The minimum absolute atomic E-state index is 0.0801. The summed E-state index contributed by atoms with van der Waals surface area (Å²) >= 11 is 7.70. The molecule has 1 aliphatic rings. The molecule has 4 rings (SSSR count). The Hall–Kier alpha value is -2.02. The second-order valence-corrected chi connectivity index (χ2v) is 8.88. The molecule has 29 heavy (non-hydrogen) atoms. The number of fused-ring (bicyclic) bond motifs is 1. The molecular weight excluding hydrogens is 409 g/mol. The Labute approximate surface area is 178 Å². The number of nitrogens with zero attached hydrogens (tertiary/aromatic N) is 3. The molecule has 1 fully saturated rings. The fourth-order valence-corrected chi connectivity index (χ4v) is 5.37. The molecule has 4 nitrogen and oxygen atoms in total. The maximum absolute atomic E-state index is 13.5. The predicted molar refractivity (Wildman–Crippen MR) is 116 cm³/mol. The lowest BCUT2D eigenvalue weighted by Gasteiger charge is -2.36. The minimum atomic E-state index is -0.319. The Kier molecular flexibility index (Phi) is 6.13. The van der Waals surface area contributed by atoms with E-state index in [4.69, 9.17) is 11.6 Å². The summed E-state index contributed by atoms with van der Waals surface area (Å²) in [7, 11) is 1.85. The van der Waals surface area contributed by atoms with Gasteiger partial charge in [-0.05, 0) is 43.2 Å². The van der Waals surface area contributed by atoms with E-state index in [1.807, 2.05) is 30.3 Å². The predicted octanol–water partition coefficient (Wildman–Crippen LogP) is 4.87. The van der Waals surface area contributed by atoms with E-state index in [0.717, 1.165) is 50.0 Å². The Morgan fingerprint density at radius 2 is 2.10 bits per heavy atom. The number of carbonyl (C=O) groups excluding carboxylic acids is 1. The van der Waals surface area contributed by atoms with E-state index in [1.165, 1.54) is 23.5 Å². The molecule has 7 heteroatoms. The summed E-state index contributed by atoms with van der Waals surface area (Å²) in [5.74, 6) is -0.399. The van der Waals surface area contributed by atoms with E-state index in [1.54, 1.807) is 6.07 Å². The van der Waals surface area contributed by atoms with E-state index in [9.17, 15) is 9.18 Å². The molecule has 0 N–H and O–H groups in total. The van der Waals surface area contributed by atoms with Gasteiger partial charge in [-0.1, -0.05) is 17.7 Å². The van der Waals surface area contributed by atoms with Crippen LogP contribution in [0, 0.1) is 5.82 Å². The van der Waals surface area contributed by atoms with Gasteiger partial charge in [-0.2, -0.15) is 0 Å². The molecule has 3 heterocycles. The number of rotatable bonds is 5. The van der Waals surface area contributed by atoms with Gasteiger partial charge in [-0.3, -0.25) is 9.78 Å². The van der Waals surface area contributed by atoms with Crippen LogP contribution in [0.5, 0.6) is 0 Å². The van der Waals surface area contributed by atoms with Crippen LogP contribution in [0.4, 0.5) is 4.39 Å². The number of thiophene rings is 1. The van der Waals surface area contributed by atoms with Crippen molar-refractivity contribution in [3.05, 3.63) is 64.0 Å². The van der Waals surface area contributed by atoms with Crippen LogP contribution in [0.25, 0.3) is 10.1 Å². The lowest BCUT2D eigenvalue weighted by molar-refractivity contribution is 0.0648. The second-order valence-electron chi connectivity index (χ2n) is 7.45. The first-order valence-corrected chi connectivity index (χ1v) is 11.0. The standard InChI is InChI=1S/C22H23ClFN3OS/c1-26(22(28)21-20(23)18-6-5-15(24)14-19(18)29-21)17-8-12-27(13-9-17)11-7-16-4-2-3-10-25-16/h2-6,10,14,17H,7-9,11-13H2,1H3. The van der Waals surface area contributed by atoms with Crippen molar-refractivity contribution >= 4 is 38.9 Å². The zero-order valence-corrected chi connectivity index (χ0v) is 17.8. The lowest BCUT2D eigenvalue weighted by Crippen LogP contribution is -2.45. The van der Waals surface area contributed by atoms with Crippen LogP contribution < -0.4 is 0 Å². The summed E-state index contributed by atoms with van der Waals surface area (Å²) in [6.07, 6.45) is 4.63. The lowest BCUT2D eigenvalue weighted by atomic mass is 10.0. The number of hydrogen-bond donors (Lipinski definition) is 0. The SMILES string of the molecule is CN(C(=O)c1sc2cc(F)ccc2c1Cl)C1CCN(CCc2ccccn2)CC1. The molecule has 0 unspecified atom stereocenters. The first kappa shape index (κ1) is 20.3. The van der Waals surface area contributed by atoms with Crippen molar-refractivity contribution in [1.29, 1.82) is 0 Å². The molecule has 1 amide bonds. The summed E-state index contributed by atoms with van der Waals surface area (Å²) in [4.78, 5) is 22.2. The maximum Gasteiger partial charge on any atom is 0.265 e. The fraction of sp³-hybridized carbons (Fsp3) is 0.364. The average molecular weight is 432 g/mol. The van der Waals surface area contributed by atoms with Crippen molar-refractivity contribution in [2.45, 2.75) is 25.3 Å². The maximum atomic E-state index is 13.5. The van der Waals surface area contributed by atoms with Gasteiger partial charge in [0.05, 0.1) is 5.02 Å². The molecular formula is C22H23ClFN3OS. The molecule has 1 saturated heterocycles. The molecule has 0 spiro atoms. The van der Waals surface area contributed by atoms with E-state index in [2.05, 4.69) is 16.0 Å². The van der Waals surface area contributed by atoms with Crippen molar-refractivity contribution in [2.75, 3.05) is 26.7 Å². The summed E-state index contributed by atoms with van der Waals surface area (Å²) in [6.45, 7) is 2.90. The van der Waals surface area contributed by atoms with Gasteiger partial charge in [0.25, 0.3) is 5.91 Å². The number of aromatic nitrogens is 1. The van der Waals surface area contributed by atoms with Crippen molar-refractivity contribution in [3.8, 4) is 0 Å². The summed E-state index contributed by atoms with van der Waals surface area (Å²) in [6, 6.07) is 10.6. The third-order valence-corrected chi connectivity index (χ3v) is 7.27. The molecule has 3 aromatic rings. The van der Waals surface area contributed by atoms with Crippen LogP contribution in [-0.4, -0.2) is 53.4 Å². The number of hydrogen-bond acceptors (Lipinski definition) is 4. The van der Waals surface area contributed by atoms with Gasteiger partial charge in [0.1, 0.15) is 10.7 Å². The third-order valence-electron chi connectivity index (χ3n) is 5.62. The number of piperidine rings is 1. The average Bonchev–Trinajstić information content (AvgIpc) is 3.08. The van der Waals surface area contributed by atoms with E-state index in [0.29, 0.717) is 14.6 Å². The van der Waals surface area contributed by atoms with Crippen molar-refractivity contribution in [2.24, 2.45) is 0 Å². The molecule has 2 aromatic heterocycles. The molecule has 0 saturated carbocycles. The number of likely N-dealkylation sites (tertiary alicyclic amines) is 1. The summed E-state index contributed by atoms with van der Waals surface area (Å²) in [5.41, 5.74) is 1.11. The topological polar surface area (TPSA) is 36.4 Å². The van der Waals surface area contributed by atoms with E-state index >= 15 is 0 Å². The highest BCUT2D eigenvalue weighted by atomic mass is 35.5. The Morgan fingerprint density at radius 1 is 1.31 bits per heavy atom. The number of amides is 1. The smallest absolute Gasteiger partial charge is 0.265 e. The molecule has 0 radical (unpaired) electrons. The fourth-order valence-electron chi connectivity index (χ4n) is 3.85. The largest absolute Gasteiger partial charge is 0.338 e. The number of carbonyl (C=O) groups is 1. The first-order chi connectivity index (χ1) is 14.0. The Balaban J connectivity index is 1.36. The summed E-state index contributed by atoms with van der Waals surface area (Å²) < 4.78 is 14.2. The van der Waals surface area contributed by atoms with Gasteiger partial charge in [0, 0.05) is 61.1 Å². The van der Waals surface area contributed by atoms with Crippen molar-refractivity contribution in [3.63, 3.8) is 0 Å². The van der Waals surface area contributed by atoms with Crippen molar-refractivity contribution in [1.82, 2.24) is 14.8 Å². The normalized spacial score (nSPS) is 15.7. The Bertz CT molecular complexity index is 1000. The number of halogens is 2. The second kappa shape index (κ2) is 8.78. The van der Waals surface area contributed by atoms with Gasteiger partial charge in [-0.15, -0.1) is 11.3 Å². The number of benzene rings is 1. The zero-order valence-electron chi connectivity index (χ0n) is 16.3. The highest BCUT2D eigenvalue weighted by Gasteiger charge is 2.28. The van der Waals surface area contributed by atoms with Crippen LogP contribution in [0.1, 0.15) is 28.2 Å². The third kappa shape index (κ3) is 4.44. The molecule has 0 bridgehead atoms. The highest BCUT2D eigenvalue weighted by Crippen LogP contribution is 2.36. The minimum Gasteiger partial charge on any atom is -0.338 e. The molecule has 1 aliphatic heterocycles. The van der Waals surface area contributed by atoms with Gasteiger partial charge < -0.3 is 9.80 Å². The van der Waals surface area contributed by atoms with E-state index < -0.39 is 0 Å². The van der Waals surface area contributed by atoms with Crippen LogP contribution in [0.15, 0.2) is 42.6 Å². The van der Waals surface area contributed by atoms with E-state index in [-0.39, 0.29) is 17.8 Å². The quantitative estimate of drug-likeness (QED) is 0.578. The molecule has 152 valence electrons. The highest BCUT2D eigenvalue weighted by molar-refractivity contribution is 7.21. The monoisotopic (exact) mass is 431 g/mol. The van der Waals surface area contributed by atoms with Gasteiger partial charge in [0.15, 0.2) is 0 Å². The number of pyridine rings is 1. The van der Waals surface area contributed by atoms with Crippen LogP contribution in [-0.2, 0) is 6.42 Å². The van der Waals surface area contributed by atoms with Crippen molar-refractivity contribution < 1.29 is 9.18 Å². The Morgan fingerprint density at radius 3 is 2.83 bits per heavy atom. The summed E-state index contributed by atoms with van der Waals surface area (Å²) in [5, 5.41) is 1.16. The van der Waals surface area contributed by atoms with Gasteiger partial charge >= 0.3 is 0 Å². The zero-order chi connectivity index (χ0) is 20.4. The molecule has 0 aliphatic carbocycles. The molecule has 0 atom stereocenters. The van der Waals surface area contributed by atoms with Gasteiger partial charge in [0.2, 0.25) is 0 Å². The van der Waals surface area contributed by atoms with Crippen LogP contribution in [0.3, 0.4) is 0 Å². The first-order valence-electron chi connectivity index (χ1n) is 9.80. The van der Waals surface area contributed by atoms with Crippen LogP contribution in [0.2, 0.25) is 5.02 Å². The molecule has 1 aromatic carbocycles. The van der Waals surface area contributed by atoms with Gasteiger partial charge in [-0.25, -0.2) is 4.39 Å². The van der Waals surface area contributed by atoms with Crippen LogP contribution >= 0.6 is 22.9 Å².